The van der Waals surface area contributed by atoms with Gasteiger partial charge < -0.3 is 16.0 Å². The van der Waals surface area contributed by atoms with Crippen LogP contribution in [0.25, 0.3) is 0 Å². The summed E-state index contributed by atoms with van der Waals surface area (Å²) in [5, 5.41) is 2.34. The Morgan fingerprint density at radius 2 is 2.13 bits per heavy atom. The molecule has 6 heteroatoms. The van der Waals surface area contributed by atoms with Crippen molar-refractivity contribution in [3.05, 3.63) is 0 Å². The Morgan fingerprint density at radius 3 is 2.73 bits per heavy atom. The molecule has 1 saturated heterocycles. The van der Waals surface area contributed by atoms with Gasteiger partial charge in [-0.15, -0.1) is 0 Å². The molecule has 0 radical (unpaired) electrons. The van der Waals surface area contributed by atoms with E-state index in [2.05, 4.69) is 5.32 Å². The monoisotopic (exact) mass is 213 g/mol. The van der Waals surface area contributed by atoms with E-state index < -0.39 is 11.8 Å². The number of nitrogens with zero attached hydrogens (tertiary/aromatic N) is 1. The van der Waals surface area contributed by atoms with E-state index >= 15 is 0 Å². The van der Waals surface area contributed by atoms with Crippen molar-refractivity contribution in [1.82, 2.24) is 10.2 Å². The molecule has 15 heavy (non-hydrogen) atoms. The first-order valence-electron chi connectivity index (χ1n) is 4.96. The lowest BCUT2D eigenvalue weighted by Gasteiger charge is -2.26. The summed E-state index contributed by atoms with van der Waals surface area (Å²) >= 11 is 0. The summed E-state index contributed by atoms with van der Waals surface area (Å²) in [7, 11) is 0. The molecule has 6 nitrogen and oxygen atoms in total. The van der Waals surface area contributed by atoms with Crippen LogP contribution in [-0.2, 0) is 14.4 Å². The Bertz CT molecular complexity index is 278. The molecule has 0 aromatic carbocycles. The largest absolute Gasteiger partial charge is 0.361 e. The maximum absolute atomic E-state index is 11.3. The number of likely N-dealkylation sites (tertiary alicyclic amines) is 1. The van der Waals surface area contributed by atoms with Crippen LogP contribution in [0.2, 0.25) is 0 Å². The van der Waals surface area contributed by atoms with Crippen LogP contribution < -0.4 is 11.1 Å². The molecule has 0 bridgehead atoms. The van der Waals surface area contributed by atoms with Gasteiger partial charge in [0, 0.05) is 26.1 Å². The molecule has 0 atom stereocenters. The minimum Gasteiger partial charge on any atom is -0.361 e. The Balaban J connectivity index is 2.22. The standard InChI is InChI=1S/C9H15N3O3/c10-8(14)9(15)11-4-6-12-5-2-1-3-7(12)13/h1-6H2,(H2,10,14)(H,11,15). The summed E-state index contributed by atoms with van der Waals surface area (Å²) in [4.78, 5) is 34.2. The van der Waals surface area contributed by atoms with Gasteiger partial charge in [-0.2, -0.15) is 0 Å². The Kier molecular flexibility index (Phi) is 4.08. The molecule has 3 amide bonds. The summed E-state index contributed by atoms with van der Waals surface area (Å²) in [5.74, 6) is -1.70. The van der Waals surface area contributed by atoms with Crippen molar-refractivity contribution in [3.63, 3.8) is 0 Å². The van der Waals surface area contributed by atoms with Gasteiger partial charge in [0.05, 0.1) is 0 Å². The fourth-order valence-corrected chi connectivity index (χ4v) is 1.49. The summed E-state index contributed by atoms with van der Waals surface area (Å²) < 4.78 is 0. The van der Waals surface area contributed by atoms with Gasteiger partial charge in [-0.1, -0.05) is 0 Å². The maximum atomic E-state index is 11.3. The quantitative estimate of drug-likeness (QED) is 0.565. The number of hydrogen-bond acceptors (Lipinski definition) is 3. The zero-order chi connectivity index (χ0) is 11.3. The van der Waals surface area contributed by atoms with Crippen LogP contribution in [0.1, 0.15) is 19.3 Å². The van der Waals surface area contributed by atoms with E-state index in [9.17, 15) is 14.4 Å². The lowest BCUT2D eigenvalue weighted by Crippen LogP contribution is -2.43. The van der Waals surface area contributed by atoms with Crippen molar-refractivity contribution in [1.29, 1.82) is 0 Å². The van der Waals surface area contributed by atoms with E-state index in [-0.39, 0.29) is 12.5 Å². The number of nitrogens with two attached hydrogens (primary N) is 1. The molecule has 0 aliphatic carbocycles. The number of amides is 3. The molecule has 1 heterocycles. The molecule has 0 spiro atoms. The minimum absolute atomic E-state index is 0.106. The van der Waals surface area contributed by atoms with E-state index in [1.165, 1.54) is 0 Å². The maximum Gasteiger partial charge on any atom is 0.309 e. The first-order chi connectivity index (χ1) is 7.11. The molecular weight excluding hydrogens is 198 g/mol. The highest BCUT2D eigenvalue weighted by Crippen LogP contribution is 2.09. The molecular formula is C9H15N3O3. The first kappa shape index (κ1) is 11.5. The SMILES string of the molecule is NC(=O)C(=O)NCCN1CCCCC1=O. The average molecular weight is 213 g/mol. The summed E-state index contributed by atoms with van der Waals surface area (Å²) in [6, 6.07) is 0. The topological polar surface area (TPSA) is 92.5 Å². The number of rotatable bonds is 3. The Labute approximate surface area is 87.8 Å². The van der Waals surface area contributed by atoms with Crippen molar-refractivity contribution in [2.24, 2.45) is 5.73 Å². The van der Waals surface area contributed by atoms with Crippen LogP contribution in [0, 0.1) is 0 Å². The molecule has 0 aromatic rings. The molecule has 0 unspecified atom stereocenters. The van der Waals surface area contributed by atoms with Gasteiger partial charge in [0.25, 0.3) is 0 Å². The molecule has 1 aliphatic heterocycles. The second-order valence-corrected chi connectivity index (χ2v) is 3.46. The predicted molar refractivity (Wildman–Crippen MR) is 52.6 cm³/mol. The molecule has 1 fully saturated rings. The summed E-state index contributed by atoms with van der Waals surface area (Å²) in [6.45, 7) is 1.44. The van der Waals surface area contributed by atoms with Crippen molar-refractivity contribution >= 4 is 17.7 Å². The molecule has 1 rings (SSSR count). The normalized spacial score (nSPS) is 16.3. The fraction of sp³-hybridized carbons (Fsp3) is 0.667. The highest BCUT2D eigenvalue weighted by Gasteiger charge is 2.17. The number of hydrogen-bond donors (Lipinski definition) is 2. The number of nitrogens with one attached hydrogen (secondary N) is 1. The number of carbonyl (C=O) groups excluding carboxylic acids is 3. The van der Waals surface area contributed by atoms with E-state index in [1.807, 2.05) is 0 Å². The average Bonchev–Trinajstić information content (AvgIpc) is 2.20. The van der Waals surface area contributed by atoms with Crippen LogP contribution in [0.15, 0.2) is 0 Å². The number of carbonyl (C=O) groups is 3. The van der Waals surface area contributed by atoms with Crippen LogP contribution in [0.5, 0.6) is 0 Å². The third-order valence-electron chi connectivity index (χ3n) is 2.31. The van der Waals surface area contributed by atoms with Crippen molar-refractivity contribution in [3.8, 4) is 0 Å². The Hall–Kier alpha value is -1.59. The van der Waals surface area contributed by atoms with Gasteiger partial charge in [0.15, 0.2) is 0 Å². The van der Waals surface area contributed by atoms with Gasteiger partial charge in [0.1, 0.15) is 0 Å². The van der Waals surface area contributed by atoms with Crippen molar-refractivity contribution < 1.29 is 14.4 Å². The highest BCUT2D eigenvalue weighted by atomic mass is 16.2. The number of primary amides is 1. The lowest BCUT2D eigenvalue weighted by atomic mass is 10.1. The van der Waals surface area contributed by atoms with Crippen molar-refractivity contribution in [2.75, 3.05) is 19.6 Å². The van der Waals surface area contributed by atoms with E-state index in [4.69, 9.17) is 5.73 Å². The Morgan fingerprint density at radius 1 is 1.40 bits per heavy atom. The highest BCUT2D eigenvalue weighted by molar-refractivity contribution is 6.34. The minimum atomic E-state index is -1.00. The van der Waals surface area contributed by atoms with E-state index in [1.54, 1.807) is 4.90 Å². The second-order valence-electron chi connectivity index (χ2n) is 3.46. The lowest BCUT2D eigenvalue weighted by molar-refractivity contribution is -0.137. The van der Waals surface area contributed by atoms with Crippen LogP contribution in [-0.4, -0.2) is 42.3 Å². The smallest absolute Gasteiger partial charge is 0.309 e. The van der Waals surface area contributed by atoms with E-state index in [0.29, 0.717) is 13.0 Å². The van der Waals surface area contributed by atoms with E-state index in [0.717, 1.165) is 19.4 Å². The van der Waals surface area contributed by atoms with Crippen LogP contribution >= 0.6 is 0 Å². The van der Waals surface area contributed by atoms with Gasteiger partial charge >= 0.3 is 11.8 Å². The predicted octanol–water partition coefficient (Wildman–Crippen LogP) is -1.40. The second kappa shape index (κ2) is 5.33. The molecule has 84 valence electrons. The third kappa shape index (κ3) is 3.57. The van der Waals surface area contributed by atoms with Gasteiger partial charge in [-0.25, -0.2) is 0 Å². The molecule has 0 aromatic heterocycles. The number of piperidine rings is 1. The van der Waals surface area contributed by atoms with Gasteiger partial charge in [-0.05, 0) is 12.8 Å². The fourth-order valence-electron chi connectivity index (χ4n) is 1.49. The summed E-state index contributed by atoms with van der Waals surface area (Å²) in [5.41, 5.74) is 4.75. The van der Waals surface area contributed by atoms with Gasteiger partial charge in [-0.3, -0.25) is 14.4 Å². The third-order valence-corrected chi connectivity index (χ3v) is 2.31. The molecule has 1 aliphatic rings. The zero-order valence-electron chi connectivity index (χ0n) is 8.49. The molecule has 3 N–H and O–H groups in total. The van der Waals surface area contributed by atoms with Gasteiger partial charge in [0.2, 0.25) is 5.91 Å². The van der Waals surface area contributed by atoms with Crippen molar-refractivity contribution in [2.45, 2.75) is 19.3 Å². The van der Waals surface area contributed by atoms with Crippen LogP contribution in [0.3, 0.4) is 0 Å². The first-order valence-corrected chi connectivity index (χ1v) is 4.96. The summed E-state index contributed by atoms with van der Waals surface area (Å²) in [6.07, 6.45) is 2.50. The zero-order valence-corrected chi connectivity index (χ0v) is 8.49. The molecule has 0 saturated carbocycles. The van der Waals surface area contributed by atoms with Crippen LogP contribution in [0.4, 0.5) is 0 Å².